The van der Waals surface area contributed by atoms with E-state index in [0.29, 0.717) is 12.2 Å². The molecule has 15 heavy (non-hydrogen) atoms. The fourth-order valence-corrected chi connectivity index (χ4v) is 1.54. The van der Waals surface area contributed by atoms with Gasteiger partial charge in [0.05, 0.1) is 17.9 Å². The molecular weight excluding hydrogens is 188 g/mol. The lowest BCUT2D eigenvalue weighted by atomic mass is 10.2. The van der Waals surface area contributed by atoms with Crippen LogP contribution >= 0.6 is 0 Å². The predicted molar refractivity (Wildman–Crippen MR) is 57.9 cm³/mol. The van der Waals surface area contributed by atoms with E-state index in [2.05, 4.69) is 4.98 Å². The zero-order valence-corrected chi connectivity index (χ0v) is 8.55. The van der Waals surface area contributed by atoms with Crippen molar-refractivity contribution in [2.45, 2.75) is 13.5 Å². The van der Waals surface area contributed by atoms with Crippen LogP contribution in [0.2, 0.25) is 0 Å². The maximum absolute atomic E-state index is 10.7. The third kappa shape index (κ3) is 2.13. The number of aromatic nitrogens is 2. The van der Waals surface area contributed by atoms with Gasteiger partial charge in [-0.3, -0.25) is 9.78 Å². The summed E-state index contributed by atoms with van der Waals surface area (Å²) in [5, 5.41) is 0. The third-order valence-corrected chi connectivity index (χ3v) is 2.29. The Morgan fingerprint density at radius 1 is 1.47 bits per heavy atom. The highest BCUT2D eigenvalue weighted by atomic mass is 16.1. The SMILES string of the molecule is Cc1ccnc(Cn2cccc2C=O)c1. The average Bonchev–Trinajstić information content (AvgIpc) is 2.65. The van der Waals surface area contributed by atoms with Crippen LogP contribution in [0.15, 0.2) is 36.7 Å². The van der Waals surface area contributed by atoms with E-state index in [1.165, 1.54) is 5.56 Å². The van der Waals surface area contributed by atoms with Gasteiger partial charge in [-0.25, -0.2) is 0 Å². The molecule has 0 bridgehead atoms. The summed E-state index contributed by atoms with van der Waals surface area (Å²) in [5.41, 5.74) is 2.83. The number of hydrogen-bond acceptors (Lipinski definition) is 2. The first kappa shape index (κ1) is 9.65. The molecule has 0 aromatic carbocycles. The van der Waals surface area contributed by atoms with Gasteiger partial charge in [-0.2, -0.15) is 0 Å². The fourth-order valence-electron chi connectivity index (χ4n) is 1.54. The molecule has 0 aliphatic carbocycles. The fraction of sp³-hybridized carbons (Fsp3) is 0.167. The first-order valence-electron chi connectivity index (χ1n) is 4.81. The van der Waals surface area contributed by atoms with E-state index in [1.54, 1.807) is 12.3 Å². The molecule has 0 amide bonds. The minimum atomic E-state index is 0.642. The highest BCUT2D eigenvalue weighted by Crippen LogP contribution is 2.05. The maximum Gasteiger partial charge on any atom is 0.166 e. The summed E-state index contributed by atoms with van der Waals surface area (Å²) < 4.78 is 1.88. The average molecular weight is 200 g/mol. The van der Waals surface area contributed by atoms with Gasteiger partial charge in [0.2, 0.25) is 0 Å². The number of carbonyl (C=O) groups is 1. The Balaban J connectivity index is 2.25. The molecule has 2 aromatic rings. The van der Waals surface area contributed by atoms with E-state index in [0.717, 1.165) is 12.0 Å². The zero-order chi connectivity index (χ0) is 10.7. The Morgan fingerprint density at radius 2 is 2.33 bits per heavy atom. The summed E-state index contributed by atoms with van der Waals surface area (Å²) >= 11 is 0. The lowest BCUT2D eigenvalue weighted by Gasteiger charge is -2.05. The van der Waals surface area contributed by atoms with Crippen LogP contribution in [0.5, 0.6) is 0 Å². The van der Waals surface area contributed by atoms with Crippen molar-refractivity contribution in [2.75, 3.05) is 0 Å². The lowest BCUT2D eigenvalue weighted by Crippen LogP contribution is -2.03. The molecule has 0 aliphatic heterocycles. The molecule has 0 N–H and O–H groups in total. The Bertz CT molecular complexity index is 474. The third-order valence-electron chi connectivity index (χ3n) is 2.29. The molecule has 0 spiro atoms. The zero-order valence-electron chi connectivity index (χ0n) is 8.55. The van der Waals surface area contributed by atoms with Gasteiger partial charge in [0, 0.05) is 12.4 Å². The van der Waals surface area contributed by atoms with Crippen LogP contribution in [0, 0.1) is 6.92 Å². The van der Waals surface area contributed by atoms with Gasteiger partial charge in [-0.05, 0) is 36.8 Å². The molecule has 3 heteroatoms. The summed E-state index contributed by atoms with van der Waals surface area (Å²) in [4.78, 5) is 15.0. The standard InChI is InChI=1S/C12H12N2O/c1-10-4-5-13-11(7-10)8-14-6-2-3-12(14)9-15/h2-7,9H,8H2,1H3. The first-order valence-corrected chi connectivity index (χ1v) is 4.81. The van der Waals surface area contributed by atoms with Crippen molar-refractivity contribution in [3.8, 4) is 0 Å². The molecule has 76 valence electrons. The molecule has 3 nitrogen and oxygen atoms in total. The smallest absolute Gasteiger partial charge is 0.166 e. The molecule has 0 saturated carbocycles. The molecule has 0 saturated heterocycles. The van der Waals surface area contributed by atoms with Crippen molar-refractivity contribution < 1.29 is 4.79 Å². The number of nitrogens with zero attached hydrogens (tertiary/aromatic N) is 2. The summed E-state index contributed by atoms with van der Waals surface area (Å²) in [5.74, 6) is 0. The molecule has 0 fully saturated rings. The second-order valence-corrected chi connectivity index (χ2v) is 3.50. The topological polar surface area (TPSA) is 34.9 Å². The van der Waals surface area contributed by atoms with Gasteiger partial charge in [0.25, 0.3) is 0 Å². The predicted octanol–water partition coefficient (Wildman–Crippen LogP) is 2.05. The quantitative estimate of drug-likeness (QED) is 0.711. The normalized spacial score (nSPS) is 10.2. The van der Waals surface area contributed by atoms with E-state index in [4.69, 9.17) is 0 Å². The van der Waals surface area contributed by atoms with Crippen LogP contribution in [0.1, 0.15) is 21.7 Å². The number of aryl methyl sites for hydroxylation is 1. The van der Waals surface area contributed by atoms with Gasteiger partial charge in [0.1, 0.15) is 0 Å². The van der Waals surface area contributed by atoms with Crippen molar-refractivity contribution >= 4 is 6.29 Å². The number of aldehydes is 1. The summed E-state index contributed by atoms with van der Waals surface area (Å²) in [6.45, 7) is 2.67. The van der Waals surface area contributed by atoms with Crippen LogP contribution in [-0.4, -0.2) is 15.8 Å². The van der Waals surface area contributed by atoms with Gasteiger partial charge >= 0.3 is 0 Å². The molecule has 0 radical (unpaired) electrons. The second-order valence-electron chi connectivity index (χ2n) is 3.50. The Labute approximate surface area is 88.4 Å². The van der Waals surface area contributed by atoms with Gasteiger partial charge in [0.15, 0.2) is 6.29 Å². The largest absolute Gasteiger partial charge is 0.339 e. The highest BCUT2D eigenvalue weighted by molar-refractivity contribution is 5.72. The van der Waals surface area contributed by atoms with Crippen molar-refractivity contribution in [3.63, 3.8) is 0 Å². The lowest BCUT2D eigenvalue weighted by molar-refractivity contribution is 0.111. The molecule has 0 atom stereocenters. The van der Waals surface area contributed by atoms with Crippen LogP contribution in [0.3, 0.4) is 0 Å². The monoisotopic (exact) mass is 200 g/mol. The van der Waals surface area contributed by atoms with Crippen LogP contribution < -0.4 is 0 Å². The van der Waals surface area contributed by atoms with Gasteiger partial charge in [-0.15, -0.1) is 0 Å². The first-order chi connectivity index (χ1) is 7.29. The van der Waals surface area contributed by atoms with Crippen molar-refractivity contribution in [1.29, 1.82) is 0 Å². The van der Waals surface area contributed by atoms with Crippen LogP contribution in [0.4, 0.5) is 0 Å². The molecule has 0 unspecified atom stereocenters. The van der Waals surface area contributed by atoms with Crippen molar-refractivity contribution in [2.24, 2.45) is 0 Å². The van der Waals surface area contributed by atoms with Crippen LogP contribution in [-0.2, 0) is 6.54 Å². The summed E-state index contributed by atoms with van der Waals surface area (Å²) in [6, 6.07) is 7.64. The molecule has 2 aromatic heterocycles. The second kappa shape index (κ2) is 4.09. The summed E-state index contributed by atoms with van der Waals surface area (Å²) in [6.07, 6.45) is 4.53. The Morgan fingerprint density at radius 3 is 3.07 bits per heavy atom. The molecular formula is C12H12N2O. The van der Waals surface area contributed by atoms with Crippen molar-refractivity contribution in [3.05, 3.63) is 53.6 Å². The van der Waals surface area contributed by atoms with Crippen molar-refractivity contribution in [1.82, 2.24) is 9.55 Å². The molecule has 2 heterocycles. The number of pyridine rings is 1. The molecule has 0 aliphatic rings. The van der Waals surface area contributed by atoms with Gasteiger partial charge in [-0.1, -0.05) is 0 Å². The minimum absolute atomic E-state index is 0.642. The molecule has 2 rings (SSSR count). The van der Waals surface area contributed by atoms with E-state index in [1.807, 2.05) is 35.9 Å². The number of rotatable bonds is 3. The van der Waals surface area contributed by atoms with E-state index in [9.17, 15) is 4.79 Å². The number of carbonyl (C=O) groups excluding carboxylic acids is 1. The van der Waals surface area contributed by atoms with E-state index in [-0.39, 0.29) is 0 Å². The minimum Gasteiger partial charge on any atom is -0.339 e. The Kier molecular flexibility index (Phi) is 2.63. The van der Waals surface area contributed by atoms with Crippen LogP contribution in [0.25, 0.3) is 0 Å². The summed E-state index contributed by atoms with van der Waals surface area (Å²) in [7, 11) is 0. The Hall–Kier alpha value is -1.90. The number of hydrogen-bond donors (Lipinski definition) is 0. The maximum atomic E-state index is 10.7. The highest BCUT2D eigenvalue weighted by Gasteiger charge is 2.01. The van der Waals surface area contributed by atoms with E-state index < -0.39 is 0 Å². The van der Waals surface area contributed by atoms with E-state index >= 15 is 0 Å². The van der Waals surface area contributed by atoms with Gasteiger partial charge < -0.3 is 4.57 Å².